The van der Waals surface area contributed by atoms with Crippen LogP contribution in [0.4, 0.5) is 0 Å². The van der Waals surface area contributed by atoms with E-state index in [1.807, 2.05) is 0 Å². The molecule has 0 saturated carbocycles. The van der Waals surface area contributed by atoms with E-state index in [0.717, 1.165) is 4.47 Å². The molecule has 9 heteroatoms. The molecule has 0 spiro atoms. The van der Waals surface area contributed by atoms with Crippen molar-refractivity contribution < 1.29 is 23.9 Å². The number of ether oxygens (including phenoxy) is 1. The first kappa shape index (κ1) is 20.6. The molecule has 0 atom stereocenters. The highest BCUT2D eigenvalue weighted by molar-refractivity contribution is 9.10. The lowest BCUT2D eigenvalue weighted by molar-refractivity contribution is -0.147. The molecule has 0 aromatic heterocycles. The largest absolute Gasteiger partial charge is 0.454 e. The molecular weight excluding hydrogens is 394 g/mol. The van der Waals surface area contributed by atoms with Gasteiger partial charge in [0.25, 0.3) is 11.8 Å². The lowest BCUT2D eigenvalue weighted by atomic mass is 10.2. The van der Waals surface area contributed by atoms with Gasteiger partial charge in [0.15, 0.2) is 6.61 Å². The van der Waals surface area contributed by atoms with Gasteiger partial charge in [-0.05, 0) is 38.1 Å². The molecule has 1 aromatic carbocycles. The van der Waals surface area contributed by atoms with Crippen molar-refractivity contribution in [3.63, 3.8) is 0 Å². The first-order chi connectivity index (χ1) is 11.8. The Bertz CT molecular complexity index is 631. The van der Waals surface area contributed by atoms with Gasteiger partial charge in [-0.25, -0.2) is 0 Å². The number of benzene rings is 1. The van der Waals surface area contributed by atoms with Gasteiger partial charge < -0.3 is 20.7 Å². The fourth-order valence-corrected chi connectivity index (χ4v) is 1.92. The van der Waals surface area contributed by atoms with Gasteiger partial charge in [-0.1, -0.05) is 15.9 Å². The second kappa shape index (κ2) is 10.4. The Kier molecular flexibility index (Phi) is 8.62. The molecule has 8 nitrogen and oxygen atoms in total. The van der Waals surface area contributed by atoms with Crippen LogP contribution in [-0.2, 0) is 19.1 Å². The molecule has 0 fully saturated rings. The van der Waals surface area contributed by atoms with Crippen molar-refractivity contribution in [1.29, 1.82) is 0 Å². The highest BCUT2D eigenvalue weighted by Crippen LogP contribution is 2.10. The zero-order chi connectivity index (χ0) is 18.8. The van der Waals surface area contributed by atoms with Crippen LogP contribution in [0.1, 0.15) is 24.2 Å². The van der Waals surface area contributed by atoms with E-state index >= 15 is 0 Å². The number of halogens is 1. The fraction of sp³-hybridized carbons (Fsp3) is 0.375. The Labute approximate surface area is 153 Å². The standard InChI is InChI=1S/C16H20BrN3O5/c1-10(2)20-13(21)7-18-14(22)9-25-15(23)8-19-16(24)11-3-5-12(17)6-4-11/h3-6,10H,7-9H2,1-2H3,(H,18,22)(H,19,24)(H,20,21). The minimum atomic E-state index is -0.757. The van der Waals surface area contributed by atoms with Gasteiger partial charge in [-0.15, -0.1) is 0 Å². The third kappa shape index (κ3) is 8.85. The van der Waals surface area contributed by atoms with Crippen LogP contribution in [0.2, 0.25) is 0 Å². The van der Waals surface area contributed by atoms with Crippen molar-refractivity contribution in [2.75, 3.05) is 19.7 Å². The molecule has 0 radical (unpaired) electrons. The van der Waals surface area contributed by atoms with E-state index in [2.05, 4.69) is 31.9 Å². The van der Waals surface area contributed by atoms with Crippen LogP contribution in [0, 0.1) is 0 Å². The summed E-state index contributed by atoms with van der Waals surface area (Å²) in [6.45, 7) is 2.50. The number of carbonyl (C=O) groups is 4. The quantitative estimate of drug-likeness (QED) is 0.532. The van der Waals surface area contributed by atoms with Crippen LogP contribution in [0.15, 0.2) is 28.7 Å². The van der Waals surface area contributed by atoms with Crippen LogP contribution < -0.4 is 16.0 Å². The molecule has 0 saturated heterocycles. The van der Waals surface area contributed by atoms with Gasteiger partial charge in [0, 0.05) is 16.1 Å². The van der Waals surface area contributed by atoms with E-state index in [4.69, 9.17) is 4.74 Å². The molecular formula is C16H20BrN3O5. The van der Waals surface area contributed by atoms with E-state index < -0.39 is 24.4 Å². The molecule has 1 rings (SSSR count). The fourth-order valence-electron chi connectivity index (χ4n) is 1.66. The van der Waals surface area contributed by atoms with Crippen molar-refractivity contribution in [3.8, 4) is 0 Å². The molecule has 0 heterocycles. The Morgan fingerprint density at radius 3 is 2.24 bits per heavy atom. The molecule has 0 aliphatic carbocycles. The number of hydrogen-bond donors (Lipinski definition) is 3. The molecule has 3 N–H and O–H groups in total. The predicted molar refractivity (Wildman–Crippen MR) is 93.7 cm³/mol. The van der Waals surface area contributed by atoms with Crippen LogP contribution in [0.5, 0.6) is 0 Å². The van der Waals surface area contributed by atoms with Crippen molar-refractivity contribution in [3.05, 3.63) is 34.3 Å². The molecule has 0 aliphatic heterocycles. The summed E-state index contributed by atoms with van der Waals surface area (Å²) in [5, 5.41) is 7.31. The summed E-state index contributed by atoms with van der Waals surface area (Å²) in [4.78, 5) is 46.1. The molecule has 0 bridgehead atoms. The van der Waals surface area contributed by atoms with Gasteiger partial charge in [-0.3, -0.25) is 19.2 Å². The van der Waals surface area contributed by atoms with E-state index in [1.165, 1.54) is 0 Å². The number of nitrogens with one attached hydrogen (secondary N) is 3. The first-order valence-corrected chi connectivity index (χ1v) is 8.32. The Hall–Kier alpha value is -2.42. The number of amides is 3. The Morgan fingerprint density at radius 1 is 1.00 bits per heavy atom. The van der Waals surface area contributed by atoms with Crippen LogP contribution >= 0.6 is 15.9 Å². The van der Waals surface area contributed by atoms with Crippen LogP contribution in [-0.4, -0.2) is 49.4 Å². The second-order valence-corrected chi connectivity index (χ2v) is 6.26. The summed E-state index contributed by atoms with van der Waals surface area (Å²) in [6, 6.07) is 6.57. The molecule has 136 valence electrons. The first-order valence-electron chi connectivity index (χ1n) is 7.53. The average molecular weight is 414 g/mol. The number of hydrogen-bond acceptors (Lipinski definition) is 5. The van der Waals surface area contributed by atoms with E-state index in [-0.39, 0.29) is 25.0 Å². The average Bonchev–Trinajstić information content (AvgIpc) is 2.56. The van der Waals surface area contributed by atoms with Gasteiger partial charge in [-0.2, -0.15) is 0 Å². The van der Waals surface area contributed by atoms with Gasteiger partial charge >= 0.3 is 5.97 Å². The topological polar surface area (TPSA) is 114 Å². The molecule has 0 aliphatic rings. The maximum Gasteiger partial charge on any atom is 0.325 e. The summed E-state index contributed by atoms with van der Waals surface area (Å²) in [5.41, 5.74) is 0.393. The normalized spacial score (nSPS) is 10.1. The minimum absolute atomic E-state index is 0.0310. The van der Waals surface area contributed by atoms with Crippen LogP contribution in [0.25, 0.3) is 0 Å². The minimum Gasteiger partial charge on any atom is -0.454 e. The monoisotopic (exact) mass is 413 g/mol. The SMILES string of the molecule is CC(C)NC(=O)CNC(=O)COC(=O)CNC(=O)c1ccc(Br)cc1. The van der Waals surface area contributed by atoms with E-state index in [1.54, 1.807) is 38.1 Å². The number of esters is 1. The highest BCUT2D eigenvalue weighted by atomic mass is 79.9. The maximum absolute atomic E-state index is 11.8. The molecule has 25 heavy (non-hydrogen) atoms. The molecule has 0 unspecified atom stereocenters. The summed E-state index contributed by atoms with van der Waals surface area (Å²) in [7, 11) is 0. The Morgan fingerprint density at radius 2 is 1.64 bits per heavy atom. The van der Waals surface area contributed by atoms with Crippen LogP contribution in [0.3, 0.4) is 0 Å². The van der Waals surface area contributed by atoms with Crippen molar-refractivity contribution in [1.82, 2.24) is 16.0 Å². The zero-order valence-electron chi connectivity index (χ0n) is 13.9. The Balaban J connectivity index is 2.23. The van der Waals surface area contributed by atoms with E-state index in [0.29, 0.717) is 5.56 Å². The summed E-state index contributed by atoms with van der Waals surface area (Å²) in [6.07, 6.45) is 0. The van der Waals surface area contributed by atoms with Gasteiger partial charge in [0.05, 0.1) is 6.54 Å². The van der Waals surface area contributed by atoms with Crippen molar-refractivity contribution in [2.45, 2.75) is 19.9 Å². The van der Waals surface area contributed by atoms with Crippen molar-refractivity contribution >= 4 is 39.6 Å². The third-order valence-electron chi connectivity index (χ3n) is 2.76. The highest BCUT2D eigenvalue weighted by Gasteiger charge is 2.11. The van der Waals surface area contributed by atoms with Crippen molar-refractivity contribution in [2.24, 2.45) is 0 Å². The lowest BCUT2D eigenvalue weighted by Gasteiger charge is -2.10. The molecule has 3 amide bonds. The maximum atomic E-state index is 11.8. The van der Waals surface area contributed by atoms with Gasteiger partial charge in [0.1, 0.15) is 6.54 Å². The zero-order valence-corrected chi connectivity index (χ0v) is 15.5. The lowest BCUT2D eigenvalue weighted by Crippen LogP contribution is -2.41. The summed E-state index contributed by atoms with van der Waals surface area (Å²) >= 11 is 3.26. The summed E-state index contributed by atoms with van der Waals surface area (Å²) in [5.74, 6) is -2.13. The second-order valence-electron chi connectivity index (χ2n) is 5.35. The predicted octanol–water partition coefficient (Wildman–Crippen LogP) is 0.363. The number of rotatable bonds is 8. The smallest absolute Gasteiger partial charge is 0.325 e. The van der Waals surface area contributed by atoms with Gasteiger partial charge in [0.2, 0.25) is 5.91 Å². The van der Waals surface area contributed by atoms with E-state index in [9.17, 15) is 19.2 Å². The number of carbonyl (C=O) groups excluding carboxylic acids is 4. The third-order valence-corrected chi connectivity index (χ3v) is 3.29. The summed E-state index contributed by atoms with van der Waals surface area (Å²) < 4.78 is 5.55. The molecule has 1 aromatic rings.